The summed E-state index contributed by atoms with van der Waals surface area (Å²) in [5.74, 6) is -0.685. The van der Waals surface area contributed by atoms with Crippen molar-refractivity contribution in [1.29, 1.82) is 0 Å². The van der Waals surface area contributed by atoms with E-state index in [0.717, 1.165) is 58.4 Å². The lowest BCUT2D eigenvalue weighted by Crippen LogP contribution is -2.39. The van der Waals surface area contributed by atoms with E-state index in [1.807, 2.05) is 0 Å². The van der Waals surface area contributed by atoms with Gasteiger partial charge in [-0.3, -0.25) is 14.6 Å². The van der Waals surface area contributed by atoms with Gasteiger partial charge in [0.15, 0.2) is 0 Å². The molecule has 1 saturated heterocycles. The second kappa shape index (κ2) is 12.0. The molecular formula is C29H36N2O2. The van der Waals surface area contributed by atoms with Crippen LogP contribution in [0.1, 0.15) is 43.2 Å². The van der Waals surface area contributed by atoms with Crippen LogP contribution in [0.4, 0.5) is 0 Å². The van der Waals surface area contributed by atoms with E-state index in [2.05, 4.69) is 82.6 Å². The molecule has 3 aromatic rings. The summed E-state index contributed by atoms with van der Waals surface area (Å²) in [6.07, 6.45) is 5.36. The number of rotatable bonds is 12. The van der Waals surface area contributed by atoms with Crippen LogP contribution in [0.3, 0.4) is 0 Å². The zero-order chi connectivity index (χ0) is 22.9. The van der Waals surface area contributed by atoms with Gasteiger partial charge in [-0.2, -0.15) is 0 Å². The minimum atomic E-state index is -0.685. The third-order valence-corrected chi connectivity index (χ3v) is 6.90. The smallest absolute Gasteiger partial charge is 0.303 e. The normalized spacial score (nSPS) is 16.6. The Labute approximate surface area is 197 Å². The van der Waals surface area contributed by atoms with Gasteiger partial charge in [-0.1, -0.05) is 79.2 Å². The minimum Gasteiger partial charge on any atom is -0.481 e. The predicted octanol–water partition coefficient (Wildman–Crippen LogP) is 5.60. The molecule has 4 rings (SSSR count). The van der Waals surface area contributed by atoms with Gasteiger partial charge in [0.05, 0.1) is 0 Å². The topological polar surface area (TPSA) is 43.8 Å². The van der Waals surface area contributed by atoms with Crippen LogP contribution >= 0.6 is 0 Å². The lowest BCUT2D eigenvalue weighted by atomic mass is 10.0. The number of benzene rings is 3. The van der Waals surface area contributed by atoms with Crippen molar-refractivity contribution in [3.05, 3.63) is 83.9 Å². The van der Waals surface area contributed by atoms with Gasteiger partial charge in [0.25, 0.3) is 0 Å². The van der Waals surface area contributed by atoms with Crippen molar-refractivity contribution in [3.8, 4) is 0 Å². The van der Waals surface area contributed by atoms with Crippen molar-refractivity contribution in [3.63, 3.8) is 0 Å². The van der Waals surface area contributed by atoms with Crippen molar-refractivity contribution in [2.75, 3.05) is 26.2 Å². The first-order chi connectivity index (χ1) is 16.2. The van der Waals surface area contributed by atoms with E-state index in [0.29, 0.717) is 6.04 Å². The van der Waals surface area contributed by atoms with E-state index < -0.39 is 5.97 Å². The summed E-state index contributed by atoms with van der Waals surface area (Å²) < 4.78 is 0. The Morgan fingerprint density at radius 1 is 0.909 bits per heavy atom. The standard InChI is InChI=1S/C29H36N2O2/c32-29(33)16-5-2-8-19-31(21-17-26-14-9-13-25-12-6-7-15-28(25)26)27-18-20-30(23-27)22-24-10-3-1-4-11-24/h1,3-4,6-7,9-15,27H,2,5,8,16-23H2,(H,32,33). The summed E-state index contributed by atoms with van der Waals surface area (Å²) in [7, 11) is 0. The van der Waals surface area contributed by atoms with Crippen LogP contribution in [-0.4, -0.2) is 53.1 Å². The van der Waals surface area contributed by atoms with Gasteiger partial charge >= 0.3 is 5.97 Å². The van der Waals surface area contributed by atoms with Gasteiger partial charge in [-0.15, -0.1) is 0 Å². The van der Waals surface area contributed by atoms with Crippen LogP contribution < -0.4 is 0 Å². The van der Waals surface area contributed by atoms with Gasteiger partial charge in [0.1, 0.15) is 0 Å². The molecule has 0 aliphatic carbocycles. The molecule has 1 heterocycles. The maximum absolute atomic E-state index is 10.8. The number of carbonyl (C=O) groups is 1. The van der Waals surface area contributed by atoms with Crippen LogP contribution in [0, 0.1) is 0 Å². The molecule has 174 valence electrons. The molecule has 0 saturated carbocycles. The highest BCUT2D eigenvalue weighted by Gasteiger charge is 2.27. The molecule has 0 spiro atoms. The molecule has 1 N–H and O–H groups in total. The molecule has 0 aromatic heterocycles. The van der Waals surface area contributed by atoms with Crippen LogP contribution in [0.25, 0.3) is 10.8 Å². The van der Waals surface area contributed by atoms with E-state index in [4.69, 9.17) is 5.11 Å². The molecule has 4 nitrogen and oxygen atoms in total. The first kappa shape index (κ1) is 23.5. The SMILES string of the molecule is O=C(O)CCCCCN(CCc1cccc2ccccc12)C1CCN(Cc2ccccc2)C1. The fourth-order valence-corrected chi connectivity index (χ4v) is 5.11. The Morgan fingerprint density at radius 3 is 2.55 bits per heavy atom. The van der Waals surface area contributed by atoms with E-state index in [1.54, 1.807) is 0 Å². The molecule has 4 heteroatoms. The maximum atomic E-state index is 10.8. The second-order valence-electron chi connectivity index (χ2n) is 9.29. The molecule has 0 radical (unpaired) electrons. The number of hydrogen-bond acceptors (Lipinski definition) is 3. The molecule has 0 amide bonds. The Bertz CT molecular complexity index is 1020. The second-order valence-corrected chi connectivity index (χ2v) is 9.29. The summed E-state index contributed by atoms with van der Waals surface area (Å²) in [6, 6.07) is 26.6. The average Bonchev–Trinajstić information content (AvgIpc) is 3.29. The minimum absolute atomic E-state index is 0.282. The fourth-order valence-electron chi connectivity index (χ4n) is 5.11. The first-order valence-electron chi connectivity index (χ1n) is 12.4. The number of nitrogens with zero attached hydrogens (tertiary/aromatic N) is 2. The van der Waals surface area contributed by atoms with Crippen LogP contribution in [0.5, 0.6) is 0 Å². The zero-order valence-electron chi connectivity index (χ0n) is 19.5. The van der Waals surface area contributed by atoms with Gasteiger partial charge in [0, 0.05) is 38.6 Å². The molecule has 0 bridgehead atoms. The van der Waals surface area contributed by atoms with Crippen molar-refractivity contribution < 1.29 is 9.90 Å². The van der Waals surface area contributed by atoms with Gasteiger partial charge < -0.3 is 5.11 Å². The fraction of sp³-hybridized carbons (Fsp3) is 0.414. The highest BCUT2D eigenvalue weighted by atomic mass is 16.4. The molecule has 1 fully saturated rings. The van der Waals surface area contributed by atoms with Crippen molar-refractivity contribution in [2.24, 2.45) is 0 Å². The molecule has 1 aliphatic heterocycles. The molecule has 1 atom stereocenters. The lowest BCUT2D eigenvalue weighted by Gasteiger charge is -2.29. The van der Waals surface area contributed by atoms with E-state index in [1.165, 1.54) is 28.3 Å². The quantitative estimate of drug-likeness (QED) is 0.369. The Balaban J connectivity index is 1.37. The van der Waals surface area contributed by atoms with Crippen LogP contribution in [0.2, 0.25) is 0 Å². The van der Waals surface area contributed by atoms with Crippen molar-refractivity contribution in [2.45, 2.75) is 51.1 Å². The maximum Gasteiger partial charge on any atom is 0.303 e. The number of unbranched alkanes of at least 4 members (excludes halogenated alkanes) is 2. The predicted molar refractivity (Wildman–Crippen MR) is 135 cm³/mol. The number of aliphatic carboxylic acids is 1. The van der Waals surface area contributed by atoms with E-state index in [9.17, 15) is 4.79 Å². The van der Waals surface area contributed by atoms with Gasteiger partial charge in [0.2, 0.25) is 0 Å². The lowest BCUT2D eigenvalue weighted by molar-refractivity contribution is -0.137. The zero-order valence-corrected chi connectivity index (χ0v) is 19.5. The number of carboxylic acid groups (broad SMARTS) is 1. The largest absolute Gasteiger partial charge is 0.481 e. The third-order valence-electron chi connectivity index (χ3n) is 6.90. The van der Waals surface area contributed by atoms with Crippen LogP contribution in [0.15, 0.2) is 72.8 Å². The summed E-state index contributed by atoms with van der Waals surface area (Å²) in [4.78, 5) is 16.1. The number of hydrogen-bond donors (Lipinski definition) is 1. The molecule has 33 heavy (non-hydrogen) atoms. The highest BCUT2D eigenvalue weighted by Crippen LogP contribution is 2.22. The Hall–Kier alpha value is -2.69. The van der Waals surface area contributed by atoms with Crippen LogP contribution in [-0.2, 0) is 17.8 Å². The van der Waals surface area contributed by atoms with E-state index >= 15 is 0 Å². The molecule has 3 aromatic carbocycles. The molecule has 1 unspecified atom stereocenters. The van der Waals surface area contributed by atoms with E-state index in [-0.39, 0.29) is 6.42 Å². The Morgan fingerprint density at radius 2 is 1.70 bits per heavy atom. The Kier molecular flexibility index (Phi) is 8.51. The summed E-state index contributed by atoms with van der Waals surface area (Å²) in [5.41, 5.74) is 2.80. The third kappa shape index (κ3) is 6.89. The van der Waals surface area contributed by atoms with Gasteiger partial charge in [-0.25, -0.2) is 0 Å². The summed E-state index contributed by atoms with van der Waals surface area (Å²) in [6.45, 7) is 5.38. The van der Waals surface area contributed by atoms with Crippen molar-refractivity contribution >= 4 is 16.7 Å². The molecule has 1 aliphatic rings. The number of likely N-dealkylation sites (tertiary alicyclic amines) is 1. The highest BCUT2D eigenvalue weighted by molar-refractivity contribution is 5.85. The number of fused-ring (bicyclic) bond motifs is 1. The van der Waals surface area contributed by atoms with Gasteiger partial charge in [-0.05, 0) is 54.1 Å². The molecular weight excluding hydrogens is 408 g/mol. The summed E-state index contributed by atoms with van der Waals surface area (Å²) >= 11 is 0. The first-order valence-corrected chi connectivity index (χ1v) is 12.4. The summed E-state index contributed by atoms with van der Waals surface area (Å²) in [5, 5.41) is 11.6. The van der Waals surface area contributed by atoms with Crippen molar-refractivity contribution in [1.82, 2.24) is 9.80 Å². The number of carboxylic acids is 1. The monoisotopic (exact) mass is 444 g/mol. The average molecular weight is 445 g/mol.